The quantitative estimate of drug-likeness (QED) is 0.652. The maximum Gasteiger partial charge on any atom is 0.335 e. The highest BCUT2D eigenvalue weighted by Gasteiger charge is 2.05. The van der Waals surface area contributed by atoms with Crippen LogP contribution >= 0.6 is 11.3 Å². The van der Waals surface area contributed by atoms with Crippen LogP contribution < -0.4 is 5.32 Å². The number of rotatable bonds is 5. The first-order valence-electron chi connectivity index (χ1n) is 5.93. The summed E-state index contributed by atoms with van der Waals surface area (Å²) in [6.45, 7) is 1.81. The standard InChI is InChI=1S/C15H13NO3S/c1-10-9-11(15(18)19)4-5-12(10)16-7-6-13(17)14-3-2-8-20-14/h2-9,16H,1H3,(H,18,19). The summed E-state index contributed by atoms with van der Waals surface area (Å²) in [6.07, 6.45) is 3.02. The number of carbonyl (C=O) groups excluding carboxylic acids is 1. The molecule has 1 aromatic heterocycles. The third-order valence-corrected chi connectivity index (χ3v) is 3.60. The lowest BCUT2D eigenvalue weighted by Gasteiger charge is -2.06. The van der Waals surface area contributed by atoms with Crippen LogP contribution in [0.15, 0.2) is 48.0 Å². The maximum absolute atomic E-state index is 11.7. The molecule has 0 saturated heterocycles. The highest BCUT2D eigenvalue weighted by atomic mass is 32.1. The lowest BCUT2D eigenvalue weighted by molar-refractivity contribution is 0.0696. The van der Waals surface area contributed by atoms with Crippen molar-refractivity contribution in [2.75, 3.05) is 5.32 Å². The van der Waals surface area contributed by atoms with Gasteiger partial charge in [-0.2, -0.15) is 0 Å². The Morgan fingerprint density at radius 1 is 1.30 bits per heavy atom. The highest BCUT2D eigenvalue weighted by molar-refractivity contribution is 7.12. The van der Waals surface area contributed by atoms with Gasteiger partial charge < -0.3 is 10.4 Å². The smallest absolute Gasteiger partial charge is 0.335 e. The molecule has 0 spiro atoms. The van der Waals surface area contributed by atoms with Gasteiger partial charge in [0.2, 0.25) is 0 Å². The van der Waals surface area contributed by atoms with Crippen molar-refractivity contribution in [1.82, 2.24) is 0 Å². The van der Waals surface area contributed by atoms with E-state index in [1.807, 2.05) is 18.4 Å². The number of thiophene rings is 1. The number of nitrogens with one attached hydrogen (secondary N) is 1. The van der Waals surface area contributed by atoms with E-state index in [-0.39, 0.29) is 11.3 Å². The van der Waals surface area contributed by atoms with E-state index in [2.05, 4.69) is 5.32 Å². The van der Waals surface area contributed by atoms with Gasteiger partial charge in [-0.05, 0) is 42.1 Å². The minimum absolute atomic E-state index is 0.0627. The van der Waals surface area contributed by atoms with Crippen molar-refractivity contribution in [1.29, 1.82) is 0 Å². The number of ketones is 1. The molecule has 20 heavy (non-hydrogen) atoms. The van der Waals surface area contributed by atoms with Crippen LogP contribution in [-0.4, -0.2) is 16.9 Å². The number of carbonyl (C=O) groups is 2. The van der Waals surface area contributed by atoms with Crippen LogP contribution in [0, 0.1) is 6.92 Å². The zero-order valence-electron chi connectivity index (χ0n) is 10.8. The Morgan fingerprint density at radius 2 is 2.10 bits per heavy atom. The molecule has 0 unspecified atom stereocenters. The number of aromatic carboxylic acids is 1. The lowest BCUT2D eigenvalue weighted by Crippen LogP contribution is -1.99. The Bertz CT molecular complexity index is 660. The van der Waals surface area contributed by atoms with Gasteiger partial charge in [-0.15, -0.1) is 11.3 Å². The normalized spacial score (nSPS) is 10.7. The second kappa shape index (κ2) is 6.16. The summed E-state index contributed by atoms with van der Waals surface area (Å²) in [5.74, 6) is -1.02. The molecule has 0 bridgehead atoms. The topological polar surface area (TPSA) is 66.4 Å². The van der Waals surface area contributed by atoms with Gasteiger partial charge in [0.05, 0.1) is 10.4 Å². The minimum atomic E-state index is -0.955. The number of carboxylic acid groups (broad SMARTS) is 1. The molecule has 0 aliphatic rings. The first-order chi connectivity index (χ1) is 9.58. The van der Waals surface area contributed by atoms with Crippen molar-refractivity contribution in [2.24, 2.45) is 0 Å². The minimum Gasteiger partial charge on any atom is -0.478 e. The van der Waals surface area contributed by atoms with E-state index < -0.39 is 5.97 Å². The summed E-state index contributed by atoms with van der Waals surface area (Å²) < 4.78 is 0. The number of anilines is 1. The number of aryl methyl sites for hydroxylation is 1. The summed E-state index contributed by atoms with van der Waals surface area (Å²) in [7, 11) is 0. The molecule has 0 atom stereocenters. The number of benzene rings is 1. The van der Waals surface area contributed by atoms with Gasteiger partial charge in [0.15, 0.2) is 5.78 Å². The molecule has 1 aromatic carbocycles. The second-order valence-corrected chi connectivity index (χ2v) is 5.10. The molecule has 1 heterocycles. The monoisotopic (exact) mass is 287 g/mol. The van der Waals surface area contributed by atoms with Gasteiger partial charge in [-0.25, -0.2) is 4.79 Å². The molecule has 2 N–H and O–H groups in total. The summed E-state index contributed by atoms with van der Waals surface area (Å²) >= 11 is 1.39. The molecule has 2 aromatic rings. The van der Waals surface area contributed by atoms with E-state index in [9.17, 15) is 9.59 Å². The van der Waals surface area contributed by atoms with Crippen LogP contribution in [-0.2, 0) is 0 Å². The SMILES string of the molecule is Cc1cc(C(=O)O)ccc1NC=CC(=O)c1cccs1. The van der Waals surface area contributed by atoms with Crippen LogP contribution in [0.4, 0.5) is 5.69 Å². The van der Waals surface area contributed by atoms with Crippen molar-refractivity contribution < 1.29 is 14.7 Å². The van der Waals surface area contributed by atoms with E-state index in [0.29, 0.717) is 4.88 Å². The van der Waals surface area contributed by atoms with Crippen molar-refractivity contribution in [2.45, 2.75) is 6.92 Å². The zero-order chi connectivity index (χ0) is 14.5. The fourth-order valence-corrected chi connectivity index (χ4v) is 2.31. The number of hydrogen-bond acceptors (Lipinski definition) is 4. The Morgan fingerprint density at radius 3 is 2.70 bits per heavy atom. The predicted molar refractivity (Wildman–Crippen MR) is 79.6 cm³/mol. The van der Waals surface area contributed by atoms with Crippen LogP contribution in [0.5, 0.6) is 0 Å². The van der Waals surface area contributed by atoms with Gasteiger partial charge in [-0.3, -0.25) is 4.79 Å². The lowest BCUT2D eigenvalue weighted by atomic mass is 10.1. The van der Waals surface area contributed by atoms with Crippen molar-refractivity contribution in [3.8, 4) is 0 Å². The summed E-state index contributed by atoms with van der Waals surface area (Å²) in [5.41, 5.74) is 1.81. The molecule has 0 radical (unpaired) electrons. The van der Waals surface area contributed by atoms with Crippen LogP contribution in [0.1, 0.15) is 25.6 Å². The van der Waals surface area contributed by atoms with Crippen LogP contribution in [0.2, 0.25) is 0 Å². The Labute approximate surface area is 120 Å². The molecule has 4 nitrogen and oxygen atoms in total. The fourth-order valence-electron chi connectivity index (χ4n) is 1.67. The van der Waals surface area contributed by atoms with E-state index in [4.69, 9.17) is 5.11 Å². The average Bonchev–Trinajstić information content (AvgIpc) is 2.94. The average molecular weight is 287 g/mol. The first kappa shape index (κ1) is 14.0. The van der Waals surface area contributed by atoms with Crippen LogP contribution in [0.25, 0.3) is 0 Å². The van der Waals surface area contributed by atoms with Gasteiger partial charge in [0.25, 0.3) is 0 Å². The zero-order valence-corrected chi connectivity index (χ0v) is 11.6. The summed E-state index contributed by atoms with van der Waals surface area (Å²) in [4.78, 5) is 23.2. The Hall–Kier alpha value is -2.40. The summed E-state index contributed by atoms with van der Waals surface area (Å²) in [6, 6.07) is 8.38. The van der Waals surface area contributed by atoms with E-state index in [0.717, 1.165) is 11.3 Å². The predicted octanol–water partition coefficient (Wildman–Crippen LogP) is 3.56. The van der Waals surface area contributed by atoms with Gasteiger partial charge in [-0.1, -0.05) is 6.07 Å². The fraction of sp³-hybridized carbons (Fsp3) is 0.0667. The van der Waals surface area contributed by atoms with E-state index in [1.165, 1.54) is 23.5 Å². The first-order valence-corrected chi connectivity index (χ1v) is 6.81. The highest BCUT2D eigenvalue weighted by Crippen LogP contribution is 2.17. The van der Waals surface area contributed by atoms with E-state index >= 15 is 0 Å². The number of carboxylic acids is 1. The summed E-state index contributed by atoms with van der Waals surface area (Å²) in [5, 5.41) is 13.7. The Balaban J connectivity index is 2.04. The van der Waals surface area contributed by atoms with Crippen molar-refractivity contribution in [3.63, 3.8) is 0 Å². The molecule has 2 rings (SSSR count). The van der Waals surface area contributed by atoms with Gasteiger partial charge in [0.1, 0.15) is 0 Å². The van der Waals surface area contributed by atoms with E-state index in [1.54, 1.807) is 24.4 Å². The third kappa shape index (κ3) is 3.33. The molecule has 0 aliphatic heterocycles. The molecular formula is C15H13NO3S. The molecule has 5 heteroatoms. The second-order valence-electron chi connectivity index (χ2n) is 4.15. The van der Waals surface area contributed by atoms with Crippen molar-refractivity contribution in [3.05, 3.63) is 64.0 Å². The molecule has 0 amide bonds. The molecule has 0 saturated carbocycles. The maximum atomic E-state index is 11.7. The Kier molecular flexibility index (Phi) is 4.32. The molecule has 0 aliphatic carbocycles. The van der Waals surface area contributed by atoms with Gasteiger partial charge in [0, 0.05) is 18.0 Å². The molecular weight excluding hydrogens is 274 g/mol. The third-order valence-electron chi connectivity index (χ3n) is 2.71. The largest absolute Gasteiger partial charge is 0.478 e. The molecule has 0 fully saturated rings. The van der Waals surface area contributed by atoms with Crippen LogP contribution in [0.3, 0.4) is 0 Å². The number of hydrogen-bond donors (Lipinski definition) is 2. The van der Waals surface area contributed by atoms with Crippen molar-refractivity contribution >= 4 is 28.8 Å². The van der Waals surface area contributed by atoms with Gasteiger partial charge >= 0.3 is 5.97 Å². The number of allylic oxidation sites excluding steroid dienone is 1. The molecule has 102 valence electrons.